The van der Waals surface area contributed by atoms with Crippen molar-refractivity contribution in [1.29, 1.82) is 0 Å². The summed E-state index contributed by atoms with van der Waals surface area (Å²) in [6.45, 7) is 2.11. The third-order valence-electron chi connectivity index (χ3n) is 5.87. The number of Topliss-reactive ketones (excluding diaryl/α,β-unsaturated/α-hetero) is 1. The molecule has 0 amide bonds. The van der Waals surface area contributed by atoms with Gasteiger partial charge >= 0.3 is 0 Å². The van der Waals surface area contributed by atoms with E-state index in [0.29, 0.717) is 17.9 Å². The number of rotatable bonds is 5. The first kappa shape index (κ1) is 17.8. The molecule has 2 aliphatic rings. The van der Waals surface area contributed by atoms with Crippen LogP contribution >= 0.6 is 0 Å². The number of carbonyl (C=O) groups is 1. The van der Waals surface area contributed by atoms with Crippen LogP contribution in [0.1, 0.15) is 37.3 Å². The number of ketones is 1. The second-order valence-electron chi connectivity index (χ2n) is 7.18. The van der Waals surface area contributed by atoms with Gasteiger partial charge in [-0.05, 0) is 56.9 Å². The van der Waals surface area contributed by atoms with Crippen LogP contribution in [0.15, 0.2) is 24.0 Å². The highest BCUT2D eigenvalue weighted by Crippen LogP contribution is 2.55. The van der Waals surface area contributed by atoms with Crippen LogP contribution in [-0.2, 0) is 21.4 Å². The standard InChI is InChI=1S/C20H27NO4/c1-12(21-2)10-20-11-15(22)17(25-4)9-14(20)7-5-13-6-8-16(24-3)19(23)18(13)20/h6,8-9,12,14,21,23H,5,7,10-11H2,1-4H3/t12-,14?,20+/m0/s1. The zero-order valence-electron chi connectivity index (χ0n) is 15.4. The Morgan fingerprint density at radius 2 is 2.12 bits per heavy atom. The minimum Gasteiger partial charge on any atom is -0.504 e. The Kier molecular flexibility index (Phi) is 4.78. The molecule has 0 spiro atoms. The lowest BCUT2D eigenvalue weighted by atomic mass is 9.56. The average Bonchev–Trinajstić information content (AvgIpc) is 2.60. The van der Waals surface area contributed by atoms with E-state index in [9.17, 15) is 9.90 Å². The van der Waals surface area contributed by atoms with Gasteiger partial charge in [0.15, 0.2) is 23.0 Å². The summed E-state index contributed by atoms with van der Waals surface area (Å²) in [7, 11) is 5.02. The summed E-state index contributed by atoms with van der Waals surface area (Å²) >= 11 is 0. The van der Waals surface area contributed by atoms with Gasteiger partial charge in [-0.2, -0.15) is 0 Å². The Balaban J connectivity index is 2.22. The Labute approximate surface area is 149 Å². The first-order valence-corrected chi connectivity index (χ1v) is 8.82. The number of allylic oxidation sites excluding steroid dienone is 2. The van der Waals surface area contributed by atoms with Crippen molar-refractivity contribution in [2.45, 2.75) is 44.1 Å². The van der Waals surface area contributed by atoms with Crippen molar-refractivity contribution in [3.63, 3.8) is 0 Å². The van der Waals surface area contributed by atoms with E-state index in [1.54, 1.807) is 14.2 Å². The molecular formula is C20H27NO4. The van der Waals surface area contributed by atoms with Crippen molar-refractivity contribution in [1.82, 2.24) is 5.32 Å². The quantitative estimate of drug-likeness (QED) is 0.859. The summed E-state index contributed by atoms with van der Waals surface area (Å²) < 4.78 is 10.6. The van der Waals surface area contributed by atoms with E-state index in [2.05, 4.69) is 12.2 Å². The molecule has 0 radical (unpaired) electrons. The maximum atomic E-state index is 12.7. The van der Waals surface area contributed by atoms with Crippen molar-refractivity contribution in [2.24, 2.45) is 5.92 Å². The van der Waals surface area contributed by atoms with E-state index in [4.69, 9.17) is 9.47 Å². The molecule has 0 aliphatic heterocycles. The second kappa shape index (κ2) is 6.71. The fraction of sp³-hybridized carbons (Fsp3) is 0.550. The minimum atomic E-state index is -0.437. The van der Waals surface area contributed by atoms with Crippen LogP contribution in [0, 0.1) is 5.92 Å². The van der Waals surface area contributed by atoms with Gasteiger partial charge in [0.05, 0.1) is 14.2 Å². The first-order chi connectivity index (χ1) is 12.0. The van der Waals surface area contributed by atoms with E-state index >= 15 is 0 Å². The number of phenols is 1. The van der Waals surface area contributed by atoms with Crippen LogP contribution in [-0.4, -0.2) is 38.2 Å². The highest BCUT2D eigenvalue weighted by Gasteiger charge is 2.50. The summed E-state index contributed by atoms with van der Waals surface area (Å²) in [6, 6.07) is 4.05. The molecular weight excluding hydrogens is 318 g/mol. The third-order valence-corrected chi connectivity index (χ3v) is 5.87. The summed E-state index contributed by atoms with van der Waals surface area (Å²) in [5, 5.41) is 14.2. The van der Waals surface area contributed by atoms with Crippen molar-refractivity contribution >= 4 is 5.78 Å². The molecule has 0 fully saturated rings. The molecule has 136 valence electrons. The molecule has 3 atom stereocenters. The van der Waals surface area contributed by atoms with E-state index in [1.165, 1.54) is 0 Å². The van der Waals surface area contributed by atoms with Crippen molar-refractivity contribution in [2.75, 3.05) is 21.3 Å². The van der Waals surface area contributed by atoms with Crippen LogP contribution in [0.5, 0.6) is 11.5 Å². The highest BCUT2D eigenvalue weighted by atomic mass is 16.5. The van der Waals surface area contributed by atoms with Crippen LogP contribution in [0.3, 0.4) is 0 Å². The lowest BCUT2D eigenvalue weighted by Crippen LogP contribution is -2.47. The summed E-state index contributed by atoms with van der Waals surface area (Å²) in [6.07, 6.45) is 4.89. The Morgan fingerprint density at radius 3 is 2.76 bits per heavy atom. The number of hydrogen-bond acceptors (Lipinski definition) is 5. The first-order valence-electron chi connectivity index (χ1n) is 8.82. The van der Waals surface area contributed by atoms with E-state index < -0.39 is 5.41 Å². The number of carbonyl (C=O) groups excluding carboxylic acids is 1. The predicted octanol–water partition coefficient (Wildman–Crippen LogP) is 2.70. The molecule has 25 heavy (non-hydrogen) atoms. The van der Waals surface area contributed by atoms with E-state index in [-0.39, 0.29) is 23.5 Å². The zero-order valence-corrected chi connectivity index (χ0v) is 15.4. The molecule has 0 heterocycles. The van der Waals surface area contributed by atoms with Crippen LogP contribution in [0.4, 0.5) is 0 Å². The van der Waals surface area contributed by atoms with Gasteiger partial charge < -0.3 is 19.9 Å². The molecule has 0 saturated carbocycles. The van der Waals surface area contributed by atoms with Gasteiger partial charge in [-0.15, -0.1) is 0 Å². The second-order valence-corrected chi connectivity index (χ2v) is 7.18. The lowest BCUT2D eigenvalue weighted by molar-refractivity contribution is -0.121. The highest BCUT2D eigenvalue weighted by molar-refractivity contribution is 5.96. The fourth-order valence-corrected chi connectivity index (χ4v) is 4.58. The molecule has 0 bridgehead atoms. The topological polar surface area (TPSA) is 67.8 Å². The SMILES string of the molecule is CN[C@@H](C)C[C@@]12CC(=O)C(OC)=CC1CCc1ccc(OC)c(O)c12. The molecule has 0 aromatic heterocycles. The number of nitrogens with one attached hydrogen (secondary N) is 1. The third kappa shape index (κ3) is 2.80. The molecule has 2 N–H and O–H groups in total. The summed E-state index contributed by atoms with van der Waals surface area (Å²) in [5.41, 5.74) is 1.55. The average molecular weight is 345 g/mol. The van der Waals surface area contributed by atoms with Crippen LogP contribution in [0.25, 0.3) is 0 Å². The van der Waals surface area contributed by atoms with E-state index in [1.807, 2.05) is 25.3 Å². The summed E-state index contributed by atoms with van der Waals surface area (Å²) in [5.74, 6) is 1.24. The molecule has 1 unspecified atom stereocenters. The normalized spacial score (nSPS) is 26.3. The van der Waals surface area contributed by atoms with Crippen LogP contribution < -0.4 is 10.1 Å². The summed E-state index contributed by atoms with van der Waals surface area (Å²) in [4.78, 5) is 12.7. The number of aromatic hydroxyl groups is 1. The van der Waals surface area contributed by atoms with Gasteiger partial charge in [-0.1, -0.05) is 6.07 Å². The number of ether oxygens (including phenoxy) is 2. The number of methoxy groups -OCH3 is 2. The number of aryl methyl sites for hydroxylation is 1. The molecule has 5 nitrogen and oxygen atoms in total. The maximum absolute atomic E-state index is 12.7. The van der Waals surface area contributed by atoms with Gasteiger partial charge in [-0.3, -0.25) is 4.79 Å². The molecule has 3 rings (SSSR count). The van der Waals surface area contributed by atoms with Gasteiger partial charge in [-0.25, -0.2) is 0 Å². The number of fused-ring (bicyclic) bond motifs is 3. The predicted molar refractivity (Wildman–Crippen MR) is 96.0 cm³/mol. The Bertz CT molecular complexity index is 712. The van der Waals surface area contributed by atoms with E-state index in [0.717, 1.165) is 30.4 Å². The van der Waals surface area contributed by atoms with Gasteiger partial charge in [0.25, 0.3) is 0 Å². The number of phenolic OH excluding ortho intramolecular Hbond substituents is 1. The monoisotopic (exact) mass is 345 g/mol. The largest absolute Gasteiger partial charge is 0.504 e. The Morgan fingerprint density at radius 1 is 1.36 bits per heavy atom. The van der Waals surface area contributed by atoms with Gasteiger partial charge in [0.2, 0.25) is 0 Å². The smallest absolute Gasteiger partial charge is 0.197 e. The molecule has 1 aromatic rings. The molecule has 2 aliphatic carbocycles. The van der Waals surface area contributed by atoms with Gasteiger partial charge in [0.1, 0.15) is 0 Å². The molecule has 5 heteroatoms. The zero-order chi connectivity index (χ0) is 18.2. The van der Waals surface area contributed by atoms with Crippen molar-refractivity contribution in [3.05, 3.63) is 35.1 Å². The lowest BCUT2D eigenvalue weighted by Gasteiger charge is -2.48. The number of hydrogen-bond donors (Lipinski definition) is 2. The maximum Gasteiger partial charge on any atom is 0.197 e. The molecule has 0 saturated heterocycles. The van der Waals surface area contributed by atoms with Gasteiger partial charge in [0, 0.05) is 23.4 Å². The fourth-order valence-electron chi connectivity index (χ4n) is 4.58. The minimum absolute atomic E-state index is 0.00266. The van der Waals surface area contributed by atoms with Crippen molar-refractivity contribution < 1.29 is 19.4 Å². The number of benzene rings is 1. The Hall–Kier alpha value is -2.01. The van der Waals surface area contributed by atoms with Crippen molar-refractivity contribution in [3.8, 4) is 11.5 Å². The molecule has 1 aromatic carbocycles. The van der Waals surface area contributed by atoms with Crippen LogP contribution in [0.2, 0.25) is 0 Å².